The van der Waals surface area contributed by atoms with Crippen LogP contribution in [0, 0.1) is 34.5 Å². The van der Waals surface area contributed by atoms with E-state index >= 15 is 0 Å². The van der Waals surface area contributed by atoms with Gasteiger partial charge in [-0.05, 0) is 79.4 Å². The molecule has 0 aromatic carbocycles. The molecule has 3 nitrogen and oxygen atoms in total. The molecule has 4 aliphatic carbocycles. The Balaban J connectivity index is 1.59. The summed E-state index contributed by atoms with van der Waals surface area (Å²) in [4.78, 5) is 0. The van der Waals surface area contributed by atoms with Crippen molar-refractivity contribution in [3.8, 4) is 0 Å². The molecular weight excluding hydrogens is 336 g/mol. The number of methoxy groups -OCH3 is 1. The first kappa shape index (κ1) is 19.7. The molecule has 0 heterocycles. The van der Waals surface area contributed by atoms with E-state index in [0.29, 0.717) is 54.0 Å². The molecule has 0 aliphatic heterocycles. The molecule has 0 spiro atoms. The van der Waals surface area contributed by atoms with Gasteiger partial charge in [0.05, 0.1) is 6.10 Å². The highest BCUT2D eigenvalue weighted by Gasteiger charge is 2.56. The highest BCUT2D eigenvalue weighted by molar-refractivity contribution is 5.38. The minimum atomic E-state index is 0.314. The van der Waals surface area contributed by atoms with Gasteiger partial charge in [0.1, 0.15) is 6.79 Å². The third-order valence-corrected chi connectivity index (χ3v) is 9.00. The average Bonchev–Trinajstić information content (AvgIpc) is 3.02. The van der Waals surface area contributed by atoms with Crippen LogP contribution in [-0.2, 0) is 9.47 Å². The van der Waals surface area contributed by atoms with Gasteiger partial charge < -0.3 is 14.6 Å². The quantitative estimate of drug-likeness (QED) is 0.680. The first-order valence-corrected chi connectivity index (χ1v) is 11.1. The lowest BCUT2D eigenvalue weighted by Crippen LogP contribution is -2.47. The van der Waals surface area contributed by atoms with Crippen molar-refractivity contribution in [2.75, 3.05) is 20.5 Å². The highest BCUT2D eigenvalue weighted by atomic mass is 16.7. The molecule has 4 rings (SSSR count). The Kier molecular flexibility index (Phi) is 5.33. The molecule has 0 bridgehead atoms. The summed E-state index contributed by atoms with van der Waals surface area (Å²) in [6.07, 6.45) is 13.9. The van der Waals surface area contributed by atoms with Crippen molar-refractivity contribution >= 4 is 0 Å². The Bertz CT molecular complexity index is 623. The summed E-state index contributed by atoms with van der Waals surface area (Å²) in [5.74, 6) is 2.52. The molecule has 3 saturated carbocycles. The average molecular weight is 375 g/mol. The van der Waals surface area contributed by atoms with Crippen molar-refractivity contribution in [1.82, 2.24) is 0 Å². The van der Waals surface area contributed by atoms with Gasteiger partial charge in [-0.15, -0.1) is 0 Å². The number of aliphatic hydroxyl groups is 1. The van der Waals surface area contributed by atoms with Gasteiger partial charge >= 0.3 is 0 Å². The molecular formula is C24H38O3. The van der Waals surface area contributed by atoms with Gasteiger partial charge in [-0.3, -0.25) is 0 Å². The lowest BCUT2D eigenvalue weighted by atomic mass is 9.50. The molecule has 1 N–H and O–H groups in total. The Hall–Kier alpha value is -0.640. The third kappa shape index (κ3) is 3.05. The van der Waals surface area contributed by atoms with Crippen molar-refractivity contribution in [1.29, 1.82) is 0 Å². The second-order valence-corrected chi connectivity index (χ2v) is 10.2. The largest absolute Gasteiger partial charge is 0.396 e. The number of allylic oxidation sites excluding steroid dienone is 3. The zero-order chi connectivity index (χ0) is 19.2. The predicted octanol–water partition coefficient (Wildman–Crippen LogP) is 5.10. The summed E-state index contributed by atoms with van der Waals surface area (Å²) >= 11 is 0. The van der Waals surface area contributed by atoms with Gasteiger partial charge in [0.15, 0.2) is 0 Å². The van der Waals surface area contributed by atoms with Crippen molar-refractivity contribution in [3.63, 3.8) is 0 Å². The van der Waals surface area contributed by atoms with Gasteiger partial charge in [0.25, 0.3) is 0 Å². The van der Waals surface area contributed by atoms with Crippen LogP contribution in [0.1, 0.15) is 65.7 Å². The van der Waals surface area contributed by atoms with E-state index in [0.717, 1.165) is 12.8 Å². The van der Waals surface area contributed by atoms with Crippen LogP contribution in [0.2, 0.25) is 0 Å². The molecule has 27 heavy (non-hydrogen) atoms. The fourth-order valence-corrected chi connectivity index (χ4v) is 7.38. The maximum atomic E-state index is 9.77. The zero-order valence-corrected chi connectivity index (χ0v) is 17.7. The molecule has 152 valence electrons. The number of aliphatic hydroxyl groups excluding tert-OH is 1. The molecule has 4 aliphatic rings. The maximum Gasteiger partial charge on any atom is 0.146 e. The molecule has 0 aromatic heterocycles. The molecule has 3 fully saturated rings. The smallest absolute Gasteiger partial charge is 0.146 e. The minimum absolute atomic E-state index is 0.314. The summed E-state index contributed by atoms with van der Waals surface area (Å²) in [5, 5.41) is 9.77. The van der Waals surface area contributed by atoms with Crippen LogP contribution >= 0.6 is 0 Å². The van der Waals surface area contributed by atoms with Crippen molar-refractivity contribution in [2.45, 2.75) is 71.8 Å². The second-order valence-electron chi connectivity index (χ2n) is 10.2. The van der Waals surface area contributed by atoms with E-state index in [1.807, 2.05) is 0 Å². The van der Waals surface area contributed by atoms with Gasteiger partial charge in [0, 0.05) is 13.7 Å². The van der Waals surface area contributed by atoms with Crippen LogP contribution < -0.4 is 0 Å². The maximum absolute atomic E-state index is 9.77. The van der Waals surface area contributed by atoms with Gasteiger partial charge in [-0.1, -0.05) is 44.1 Å². The van der Waals surface area contributed by atoms with Crippen LogP contribution in [0.4, 0.5) is 0 Å². The van der Waals surface area contributed by atoms with Crippen LogP contribution in [0.5, 0.6) is 0 Å². The normalized spacial score (nSPS) is 44.6. The molecule has 0 saturated heterocycles. The topological polar surface area (TPSA) is 38.7 Å². The summed E-state index contributed by atoms with van der Waals surface area (Å²) in [7, 11) is 1.70. The van der Waals surface area contributed by atoms with Crippen molar-refractivity contribution in [2.24, 2.45) is 34.5 Å². The Morgan fingerprint density at radius 1 is 1.11 bits per heavy atom. The molecule has 0 radical (unpaired) electrons. The lowest BCUT2D eigenvalue weighted by Gasteiger charge is -2.55. The minimum Gasteiger partial charge on any atom is -0.396 e. The van der Waals surface area contributed by atoms with E-state index in [9.17, 15) is 5.11 Å². The number of rotatable bonds is 5. The van der Waals surface area contributed by atoms with Crippen LogP contribution in [-0.4, -0.2) is 31.7 Å². The first-order valence-electron chi connectivity index (χ1n) is 11.1. The van der Waals surface area contributed by atoms with E-state index in [1.165, 1.54) is 32.1 Å². The van der Waals surface area contributed by atoms with Crippen LogP contribution in [0.25, 0.3) is 0 Å². The summed E-state index contributed by atoms with van der Waals surface area (Å²) in [6, 6.07) is 0. The van der Waals surface area contributed by atoms with Crippen molar-refractivity contribution < 1.29 is 14.6 Å². The Morgan fingerprint density at radius 2 is 1.93 bits per heavy atom. The standard InChI is InChI=1S/C24H38O3/c1-16(14-25)20-7-8-21-19-6-5-17-13-18(27-15-26-4)9-11-23(17,2)22(19)10-12-24(20,21)3/h5-6,16,18,20-22,25H,7-15H2,1-4H3/t16-,18+,20-,21?,22?,23+,24-/m1/s1. The van der Waals surface area contributed by atoms with Crippen LogP contribution in [0.15, 0.2) is 23.3 Å². The molecule has 0 aromatic rings. The Morgan fingerprint density at radius 3 is 2.67 bits per heavy atom. The second kappa shape index (κ2) is 7.31. The van der Waals surface area contributed by atoms with E-state index in [1.54, 1.807) is 18.3 Å². The van der Waals surface area contributed by atoms with Gasteiger partial charge in [-0.2, -0.15) is 0 Å². The third-order valence-electron chi connectivity index (χ3n) is 9.00. The summed E-state index contributed by atoms with van der Waals surface area (Å²) in [6.45, 7) is 8.04. The van der Waals surface area contributed by atoms with E-state index in [4.69, 9.17) is 9.47 Å². The fraction of sp³-hybridized carbons (Fsp3) is 0.833. The number of ether oxygens (including phenoxy) is 2. The van der Waals surface area contributed by atoms with E-state index < -0.39 is 0 Å². The van der Waals surface area contributed by atoms with Crippen LogP contribution in [0.3, 0.4) is 0 Å². The fourth-order valence-electron chi connectivity index (χ4n) is 7.38. The predicted molar refractivity (Wildman–Crippen MR) is 108 cm³/mol. The number of fused-ring (bicyclic) bond motifs is 5. The lowest BCUT2D eigenvalue weighted by molar-refractivity contribution is -0.0865. The zero-order valence-electron chi connectivity index (χ0n) is 17.7. The van der Waals surface area contributed by atoms with E-state index in [2.05, 4.69) is 32.9 Å². The molecule has 0 amide bonds. The number of hydrogen-bond acceptors (Lipinski definition) is 3. The Labute approximate surface area is 165 Å². The van der Waals surface area contributed by atoms with Gasteiger partial charge in [-0.25, -0.2) is 0 Å². The monoisotopic (exact) mass is 374 g/mol. The first-order chi connectivity index (χ1) is 12.9. The molecule has 7 atom stereocenters. The summed E-state index contributed by atoms with van der Waals surface area (Å²) in [5.41, 5.74) is 4.04. The van der Waals surface area contributed by atoms with E-state index in [-0.39, 0.29) is 0 Å². The SMILES string of the molecule is COCO[C@H]1CC[C@@]2(C)C(=CC=C3C2CC[C@@]2(C)C3CC[C@@H]2[C@H](C)CO)C1. The highest BCUT2D eigenvalue weighted by Crippen LogP contribution is 2.65. The number of hydrogen-bond donors (Lipinski definition) is 1. The summed E-state index contributed by atoms with van der Waals surface area (Å²) < 4.78 is 11.0. The van der Waals surface area contributed by atoms with Crippen molar-refractivity contribution in [3.05, 3.63) is 23.3 Å². The van der Waals surface area contributed by atoms with Gasteiger partial charge in [0.2, 0.25) is 0 Å². The molecule has 3 heteroatoms. The molecule has 2 unspecified atom stereocenters.